The lowest BCUT2D eigenvalue weighted by Gasteiger charge is -2.25. The van der Waals surface area contributed by atoms with Gasteiger partial charge in [-0.05, 0) is 69.5 Å². The Hall–Kier alpha value is -2.90. The number of para-hydroxylation sites is 1. The second kappa shape index (κ2) is 7.66. The number of halogens is 1. The molecule has 0 spiro atoms. The van der Waals surface area contributed by atoms with E-state index in [1.807, 2.05) is 24.3 Å². The summed E-state index contributed by atoms with van der Waals surface area (Å²) in [6.45, 7) is 3.49. The smallest absolute Gasteiger partial charge is 0.269 e. The van der Waals surface area contributed by atoms with Gasteiger partial charge >= 0.3 is 0 Å². The highest BCUT2D eigenvalue weighted by Crippen LogP contribution is 2.34. The lowest BCUT2D eigenvalue weighted by atomic mass is 10.1. The van der Waals surface area contributed by atoms with E-state index < -0.39 is 5.60 Å². The molecule has 158 valence electrons. The van der Waals surface area contributed by atoms with Crippen LogP contribution < -0.4 is 10.1 Å². The molecule has 0 radical (unpaired) electrons. The van der Waals surface area contributed by atoms with Crippen LogP contribution in [0, 0.1) is 0 Å². The highest BCUT2D eigenvalue weighted by atomic mass is 35.5. The second-order valence-electron chi connectivity index (χ2n) is 8.02. The number of nitrogens with zero attached hydrogens (tertiary/aromatic N) is 3. The number of nitrogens with one attached hydrogen (secondary N) is 1. The van der Waals surface area contributed by atoms with Crippen LogP contribution in [0.3, 0.4) is 0 Å². The van der Waals surface area contributed by atoms with E-state index in [1.54, 1.807) is 54.1 Å². The van der Waals surface area contributed by atoms with Crippen LogP contribution >= 0.6 is 22.9 Å². The van der Waals surface area contributed by atoms with Gasteiger partial charge < -0.3 is 10.1 Å². The van der Waals surface area contributed by atoms with Crippen LogP contribution in [0.2, 0.25) is 5.02 Å². The summed E-state index contributed by atoms with van der Waals surface area (Å²) in [6.07, 6.45) is 2.82. The Morgan fingerprint density at radius 2 is 1.94 bits per heavy atom. The standard InChI is InChI=1S/C23H21ClN4O2S/c1-23(2,30-15-12-10-14(24)11-13-15)21(29)26-20-16-6-5-8-17(16)27-28(20)22-25-18-7-3-4-9-19(18)31-22/h3-4,7,9-13H,5-6,8H2,1-2H3,(H,26,29). The fourth-order valence-electron chi connectivity index (χ4n) is 3.71. The van der Waals surface area contributed by atoms with Gasteiger partial charge in [0.05, 0.1) is 15.9 Å². The fourth-order valence-corrected chi connectivity index (χ4v) is 4.76. The molecule has 0 fully saturated rings. The van der Waals surface area contributed by atoms with Crippen LogP contribution in [0.5, 0.6) is 5.75 Å². The summed E-state index contributed by atoms with van der Waals surface area (Å²) < 4.78 is 8.82. The summed E-state index contributed by atoms with van der Waals surface area (Å²) in [5.41, 5.74) is 1.92. The minimum atomic E-state index is -1.10. The molecule has 0 atom stereocenters. The van der Waals surface area contributed by atoms with Gasteiger partial charge in [-0.3, -0.25) is 4.79 Å². The number of carbonyl (C=O) groups excluding carboxylic acids is 1. The van der Waals surface area contributed by atoms with Crippen molar-refractivity contribution in [1.29, 1.82) is 0 Å². The molecule has 5 rings (SSSR count). The SMILES string of the molecule is CC(C)(Oc1ccc(Cl)cc1)C(=O)Nc1c2c(nn1-c1nc3ccccc3s1)CCC2. The highest BCUT2D eigenvalue weighted by molar-refractivity contribution is 7.20. The van der Waals surface area contributed by atoms with E-state index >= 15 is 0 Å². The zero-order chi connectivity index (χ0) is 21.6. The number of benzene rings is 2. The predicted molar refractivity (Wildman–Crippen MR) is 124 cm³/mol. The van der Waals surface area contributed by atoms with Gasteiger partial charge in [-0.1, -0.05) is 35.1 Å². The number of fused-ring (bicyclic) bond motifs is 2. The zero-order valence-electron chi connectivity index (χ0n) is 17.2. The predicted octanol–water partition coefficient (Wildman–Crippen LogP) is 5.42. The number of anilines is 1. The van der Waals surface area contributed by atoms with Gasteiger partial charge in [-0.25, -0.2) is 4.98 Å². The molecule has 0 bridgehead atoms. The van der Waals surface area contributed by atoms with E-state index in [0.29, 0.717) is 16.6 Å². The number of carbonyl (C=O) groups is 1. The first-order chi connectivity index (χ1) is 14.9. The third kappa shape index (κ3) is 3.79. The maximum atomic E-state index is 13.2. The molecule has 0 unspecified atom stereocenters. The fraction of sp³-hybridized carbons (Fsp3) is 0.261. The number of amides is 1. The molecular formula is C23H21ClN4O2S. The molecule has 0 saturated carbocycles. The minimum absolute atomic E-state index is 0.251. The summed E-state index contributed by atoms with van der Waals surface area (Å²) in [6, 6.07) is 14.9. The van der Waals surface area contributed by atoms with Crippen molar-refractivity contribution in [3.63, 3.8) is 0 Å². The number of aryl methyl sites for hydroxylation is 1. The highest BCUT2D eigenvalue weighted by Gasteiger charge is 2.33. The van der Waals surface area contributed by atoms with Crippen molar-refractivity contribution < 1.29 is 9.53 Å². The van der Waals surface area contributed by atoms with Gasteiger partial charge in [0.1, 0.15) is 11.6 Å². The van der Waals surface area contributed by atoms with E-state index in [9.17, 15) is 4.79 Å². The quantitative estimate of drug-likeness (QED) is 0.439. The number of ether oxygens (including phenoxy) is 1. The summed E-state index contributed by atoms with van der Waals surface area (Å²) in [7, 11) is 0. The van der Waals surface area contributed by atoms with Crippen LogP contribution in [0.15, 0.2) is 48.5 Å². The number of hydrogen-bond donors (Lipinski definition) is 1. The van der Waals surface area contributed by atoms with E-state index in [2.05, 4.69) is 5.32 Å². The molecule has 1 aliphatic carbocycles. The first-order valence-corrected chi connectivity index (χ1v) is 11.3. The Bertz CT molecular complexity index is 1240. The molecule has 31 heavy (non-hydrogen) atoms. The van der Waals surface area contributed by atoms with Gasteiger partial charge in [0, 0.05) is 10.6 Å². The van der Waals surface area contributed by atoms with Crippen LogP contribution in [0.25, 0.3) is 15.3 Å². The van der Waals surface area contributed by atoms with Crippen molar-refractivity contribution in [3.8, 4) is 10.9 Å². The maximum absolute atomic E-state index is 13.2. The van der Waals surface area contributed by atoms with E-state index in [1.165, 1.54) is 0 Å². The van der Waals surface area contributed by atoms with Crippen molar-refractivity contribution in [1.82, 2.24) is 14.8 Å². The Labute approximate surface area is 188 Å². The monoisotopic (exact) mass is 452 g/mol. The van der Waals surface area contributed by atoms with Gasteiger partial charge in [0.2, 0.25) is 5.13 Å². The first kappa shape index (κ1) is 20.0. The third-order valence-corrected chi connectivity index (χ3v) is 6.60. The minimum Gasteiger partial charge on any atom is -0.478 e. The van der Waals surface area contributed by atoms with Crippen molar-refractivity contribution >= 4 is 44.9 Å². The summed E-state index contributed by atoms with van der Waals surface area (Å²) in [4.78, 5) is 18.0. The third-order valence-electron chi connectivity index (χ3n) is 5.34. The summed E-state index contributed by atoms with van der Waals surface area (Å²) in [5, 5.41) is 9.22. The first-order valence-electron chi connectivity index (χ1n) is 10.1. The van der Waals surface area contributed by atoms with Crippen molar-refractivity contribution in [2.45, 2.75) is 38.7 Å². The summed E-state index contributed by atoms with van der Waals surface area (Å²) >= 11 is 7.50. The molecule has 0 saturated heterocycles. The van der Waals surface area contributed by atoms with Crippen LogP contribution in [0.1, 0.15) is 31.5 Å². The normalized spacial score (nSPS) is 13.4. The van der Waals surface area contributed by atoms with Gasteiger partial charge in [0.25, 0.3) is 5.91 Å². The van der Waals surface area contributed by atoms with E-state index in [-0.39, 0.29) is 5.91 Å². The molecule has 2 heterocycles. The number of hydrogen-bond acceptors (Lipinski definition) is 5. The van der Waals surface area contributed by atoms with Crippen LogP contribution in [-0.4, -0.2) is 26.3 Å². The van der Waals surface area contributed by atoms with Crippen molar-refractivity contribution in [2.24, 2.45) is 0 Å². The Morgan fingerprint density at radius 1 is 1.16 bits per heavy atom. The molecule has 6 nitrogen and oxygen atoms in total. The molecule has 0 aliphatic heterocycles. The van der Waals surface area contributed by atoms with Crippen molar-refractivity contribution in [2.75, 3.05) is 5.32 Å². The van der Waals surface area contributed by atoms with E-state index in [0.717, 1.165) is 45.9 Å². The average Bonchev–Trinajstić information content (AvgIpc) is 3.44. The van der Waals surface area contributed by atoms with Gasteiger partial charge in [-0.15, -0.1) is 0 Å². The van der Waals surface area contributed by atoms with Crippen molar-refractivity contribution in [3.05, 3.63) is 64.8 Å². The summed E-state index contributed by atoms with van der Waals surface area (Å²) in [5.74, 6) is 1.01. The maximum Gasteiger partial charge on any atom is 0.269 e. The van der Waals surface area contributed by atoms with Crippen LogP contribution in [0.4, 0.5) is 5.82 Å². The molecular weight excluding hydrogens is 432 g/mol. The number of rotatable bonds is 5. The van der Waals surface area contributed by atoms with E-state index in [4.69, 9.17) is 26.4 Å². The Morgan fingerprint density at radius 3 is 2.71 bits per heavy atom. The average molecular weight is 453 g/mol. The zero-order valence-corrected chi connectivity index (χ0v) is 18.8. The topological polar surface area (TPSA) is 69.0 Å². The molecule has 4 aromatic rings. The molecule has 8 heteroatoms. The van der Waals surface area contributed by atoms with Gasteiger partial charge in [0.15, 0.2) is 5.60 Å². The lowest BCUT2D eigenvalue weighted by molar-refractivity contribution is -0.128. The lowest BCUT2D eigenvalue weighted by Crippen LogP contribution is -2.43. The Kier molecular flexibility index (Phi) is 4.95. The molecule has 1 amide bonds. The second-order valence-corrected chi connectivity index (χ2v) is 9.47. The molecule has 2 aromatic carbocycles. The largest absolute Gasteiger partial charge is 0.478 e. The molecule has 1 aliphatic rings. The van der Waals surface area contributed by atoms with Gasteiger partial charge in [-0.2, -0.15) is 9.78 Å². The molecule has 1 N–H and O–H groups in total. The van der Waals surface area contributed by atoms with Crippen LogP contribution in [-0.2, 0) is 17.6 Å². The number of thiazole rings is 1. The number of aromatic nitrogens is 3. The Balaban J connectivity index is 1.47. The molecule has 2 aromatic heterocycles.